The van der Waals surface area contributed by atoms with Gasteiger partial charge in [0.25, 0.3) is 11.7 Å². The van der Waals surface area contributed by atoms with Crippen LogP contribution in [0.15, 0.2) is 48.0 Å². The average molecular weight is 469 g/mol. The molecule has 1 aliphatic heterocycles. The lowest BCUT2D eigenvalue weighted by Crippen LogP contribution is -2.38. The first-order valence-electron chi connectivity index (χ1n) is 11.7. The summed E-state index contributed by atoms with van der Waals surface area (Å²) >= 11 is 0. The molecule has 6 nitrogen and oxygen atoms in total. The Morgan fingerprint density at radius 1 is 1.15 bits per heavy atom. The summed E-state index contributed by atoms with van der Waals surface area (Å²) in [5, 5.41) is 11.2. The lowest BCUT2D eigenvalue weighted by atomic mass is 9.94. The summed E-state index contributed by atoms with van der Waals surface area (Å²) in [6.45, 7) is 12.0. The normalized spacial score (nSPS) is 17.8. The van der Waals surface area contributed by atoms with E-state index in [0.717, 1.165) is 18.7 Å². The van der Waals surface area contributed by atoms with Gasteiger partial charge in [-0.05, 0) is 63.7 Å². The van der Waals surface area contributed by atoms with E-state index in [4.69, 9.17) is 4.74 Å². The number of carbonyl (C=O) groups excluding carboxylic acids is 2. The van der Waals surface area contributed by atoms with Crippen molar-refractivity contribution < 1.29 is 23.8 Å². The Kier molecular flexibility index (Phi) is 8.10. The van der Waals surface area contributed by atoms with Crippen LogP contribution in [0.1, 0.15) is 50.4 Å². The van der Waals surface area contributed by atoms with Crippen LogP contribution in [-0.2, 0) is 9.59 Å². The Bertz CT molecular complexity index is 1090. The number of hydrogen-bond acceptors (Lipinski definition) is 5. The number of nitrogens with zero attached hydrogens (tertiary/aromatic N) is 2. The number of amides is 1. The number of aliphatic hydroxyl groups excluding tert-OH is 1. The summed E-state index contributed by atoms with van der Waals surface area (Å²) in [7, 11) is 0. The van der Waals surface area contributed by atoms with E-state index in [0.29, 0.717) is 17.9 Å². The summed E-state index contributed by atoms with van der Waals surface area (Å²) in [6.07, 6.45) is -0.0182. The number of ketones is 1. The highest BCUT2D eigenvalue weighted by Gasteiger charge is 2.46. The fourth-order valence-electron chi connectivity index (χ4n) is 4.26. The summed E-state index contributed by atoms with van der Waals surface area (Å²) in [4.78, 5) is 29.7. The third-order valence-corrected chi connectivity index (χ3v) is 6.10. The van der Waals surface area contributed by atoms with Crippen molar-refractivity contribution in [3.63, 3.8) is 0 Å². The fraction of sp³-hybridized carbons (Fsp3) is 0.407. The zero-order valence-corrected chi connectivity index (χ0v) is 20.5. The van der Waals surface area contributed by atoms with Crippen molar-refractivity contribution in [1.29, 1.82) is 0 Å². The molecule has 1 atom stereocenters. The fourth-order valence-corrected chi connectivity index (χ4v) is 4.26. The zero-order chi connectivity index (χ0) is 25.0. The maximum Gasteiger partial charge on any atom is 0.295 e. The SMILES string of the molecule is CCN(CC)CCN1C(=O)C(=O)/C(=C(/O)c2ccc(OC(C)C)c(C)c2)C1c1ccccc1F. The molecule has 0 bridgehead atoms. The standard InChI is InChI=1S/C27H33FN2O4/c1-6-29(7-2)14-15-30-24(20-10-8-9-11-21(20)28)23(26(32)27(30)33)25(31)19-12-13-22(18(5)16-19)34-17(3)4/h8-13,16-17,24,31H,6-7,14-15H2,1-5H3/b25-23+. The molecule has 0 aromatic heterocycles. The number of likely N-dealkylation sites (N-methyl/N-ethyl adjacent to an activating group) is 1. The minimum Gasteiger partial charge on any atom is -0.507 e. The van der Waals surface area contributed by atoms with Gasteiger partial charge >= 0.3 is 0 Å². The molecule has 7 heteroatoms. The molecule has 1 N–H and O–H groups in total. The lowest BCUT2D eigenvalue weighted by Gasteiger charge is -2.28. The molecular weight excluding hydrogens is 435 g/mol. The van der Waals surface area contributed by atoms with Gasteiger partial charge in [-0.1, -0.05) is 32.0 Å². The van der Waals surface area contributed by atoms with Crippen LogP contribution in [-0.4, -0.2) is 58.9 Å². The monoisotopic (exact) mass is 468 g/mol. The molecule has 3 rings (SSSR count). The molecular formula is C27H33FN2O4. The van der Waals surface area contributed by atoms with Crippen molar-refractivity contribution in [2.75, 3.05) is 26.2 Å². The third kappa shape index (κ3) is 5.14. The molecule has 2 aromatic rings. The zero-order valence-electron chi connectivity index (χ0n) is 20.5. The van der Waals surface area contributed by atoms with Crippen LogP contribution in [0.3, 0.4) is 0 Å². The number of Topliss-reactive ketones (excluding diaryl/α,β-unsaturated/α-hetero) is 1. The van der Waals surface area contributed by atoms with E-state index in [1.54, 1.807) is 36.4 Å². The van der Waals surface area contributed by atoms with Crippen molar-refractivity contribution in [2.24, 2.45) is 0 Å². The van der Waals surface area contributed by atoms with Crippen LogP contribution in [0.2, 0.25) is 0 Å². The van der Waals surface area contributed by atoms with E-state index in [1.807, 2.05) is 34.6 Å². The van der Waals surface area contributed by atoms with E-state index in [1.165, 1.54) is 11.0 Å². The van der Waals surface area contributed by atoms with E-state index < -0.39 is 23.5 Å². The Labute approximate surface area is 200 Å². The van der Waals surface area contributed by atoms with Crippen LogP contribution in [0.25, 0.3) is 5.76 Å². The molecule has 1 amide bonds. The van der Waals surface area contributed by atoms with E-state index >= 15 is 0 Å². The highest BCUT2D eigenvalue weighted by molar-refractivity contribution is 6.46. The molecule has 1 unspecified atom stereocenters. The van der Waals surface area contributed by atoms with Gasteiger partial charge in [-0.15, -0.1) is 0 Å². The molecule has 0 radical (unpaired) electrons. The predicted molar refractivity (Wildman–Crippen MR) is 130 cm³/mol. The Morgan fingerprint density at radius 3 is 2.41 bits per heavy atom. The largest absolute Gasteiger partial charge is 0.507 e. The van der Waals surface area contributed by atoms with Gasteiger partial charge in [-0.25, -0.2) is 4.39 Å². The van der Waals surface area contributed by atoms with Crippen molar-refractivity contribution in [1.82, 2.24) is 9.80 Å². The van der Waals surface area contributed by atoms with Gasteiger partial charge in [0.2, 0.25) is 0 Å². The Morgan fingerprint density at radius 2 is 1.82 bits per heavy atom. The van der Waals surface area contributed by atoms with Crippen LogP contribution >= 0.6 is 0 Å². The number of benzene rings is 2. The number of ether oxygens (including phenoxy) is 1. The molecule has 0 aliphatic carbocycles. The van der Waals surface area contributed by atoms with E-state index in [-0.39, 0.29) is 29.5 Å². The Balaban J connectivity index is 2.10. The molecule has 1 heterocycles. The quantitative estimate of drug-likeness (QED) is 0.329. The lowest BCUT2D eigenvalue weighted by molar-refractivity contribution is -0.140. The van der Waals surface area contributed by atoms with Crippen LogP contribution in [0.4, 0.5) is 4.39 Å². The topological polar surface area (TPSA) is 70.1 Å². The number of aryl methyl sites for hydroxylation is 1. The second-order valence-electron chi connectivity index (χ2n) is 8.69. The molecule has 0 spiro atoms. The first kappa shape index (κ1) is 25.4. The molecule has 0 saturated carbocycles. The number of likely N-dealkylation sites (tertiary alicyclic amines) is 1. The number of halogens is 1. The minimum absolute atomic E-state index is 0.0182. The number of hydrogen-bond donors (Lipinski definition) is 1. The summed E-state index contributed by atoms with van der Waals surface area (Å²) in [5.41, 5.74) is 1.22. The van der Waals surface area contributed by atoms with Gasteiger partial charge in [-0.3, -0.25) is 9.59 Å². The average Bonchev–Trinajstić information content (AvgIpc) is 3.05. The smallest absolute Gasteiger partial charge is 0.295 e. The highest BCUT2D eigenvalue weighted by atomic mass is 19.1. The van der Waals surface area contributed by atoms with Crippen molar-refractivity contribution in [3.8, 4) is 5.75 Å². The van der Waals surface area contributed by atoms with Crippen molar-refractivity contribution in [3.05, 3.63) is 70.5 Å². The van der Waals surface area contributed by atoms with Gasteiger partial charge in [0.15, 0.2) is 0 Å². The van der Waals surface area contributed by atoms with E-state index in [2.05, 4.69) is 4.90 Å². The number of aliphatic hydroxyl groups is 1. The highest BCUT2D eigenvalue weighted by Crippen LogP contribution is 2.40. The Hall–Kier alpha value is -3.19. The molecule has 1 fully saturated rings. The van der Waals surface area contributed by atoms with E-state index in [9.17, 15) is 19.1 Å². The molecule has 1 aliphatic rings. The van der Waals surface area contributed by atoms with Crippen LogP contribution in [0.5, 0.6) is 5.75 Å². The number of carbonyl (C=O) groups is 2. The molecule has 1 saturated heterocycles. The summed E-state index contributed by atoms with van der Waals surface area (Å²) < 4.78 is 20.7. The second-order valence-corrected chi connectivity index (χ2v) is 8.69. The van der Waals surface area contributed by atoms with Gasteiger partial charge in [-0.2, -0.15) is 0 Å². The summed E-state index contributed by atoms with van der Waals surface area (Å²) in [5.74, 6) is -1.75. The molecule has 182 valence electrons. The third-order valence-electron chi connectivity index (χ3n) is 6.10. The van der Waals surface area contributed by atoms with Crippen molar-refractivity contribution >= 4 is 17.4 Å². The maximum absolute atomic E-state index is 14.9. The van der Waals surface area contributed by atoms with Gasteiger partial charge < -0.3 is 19.6 Å². The van der Waals surface area contributed by atoms with Crippen LogP contribution in [0, 0.1) is 12.7 Å². The van der Waals surface area contributed by atoms with Crippen molar-refractivity contribution in [2.45, 2.75) is 46.8 Å². The van der Waals surface area contributed by atoms with Crippen LogP contribution < -0.4 is 4.74 Å². The summed E-state index contributed by atoms with van der Waals surface area (Å²) in [6, 6.07) is 10.1. The molecule has 34 heavy (non-hydrogen) atoms. The number of rotatable bonds is 9. The maximum atomic E-state index is 14.9. The minimum atomic E-state index is -1.01. The first-order chi connectivity index (χ1) is 16.2. The van der Waals surface area contributed by atoms with Gasteiger partial charge in [0, 0.05) is 24.2 Å². The first-order valence-corrected chi connectivity index (χ1v) is 11.7. The van der Waals surface area contributed by atoms with Gasteiger partial charge in [0.1, 0.15) is 17.3 Å². The predicted octanol–water partition coefficient (Wildman–Crippen LogP) is 4.68. The second kappa shape index (κ2) is 10.8. The molecule has 2 aromatic carbocycles. The van der Waals surface area contributed by atoms with Gasteiger partial charge in [0.05, 0.1) is 17.7 Å².